The fourth-order valence-electron chi connectivity index (χ4n) is 2.92. The molecule has 3 rings (SSSR count). The highest BCUT2D eigenvalue weighted by Crippen LogP contribution is 2.45. The van der Waals surface area contributed by atoms with Gasteiger partial charge in [-0.25, -0.2) is 0 Å². The minimum absolute atomic E-state index is 0.0152. The van der Waals surface area contributed by atoms with E-state index in [0.717, 1.165) is 24.3 Å². The van der Waals surface area contributed by atoms with Crippen LogP contribution in [0.2, 0.25) is 0 Å². The molecule has 0 saturated carbocycles. The second kappa shape index (κ2) is 6.57. The molecular weight excluding hydrogens is 388 g/mol. The molecule has 0 fully saturated rings. The SMILES string of the molecule is Cc1nc2ccc(-c3ccc(OC(F)(F)F)cc3)c(C(F)(F)F)c2c(O)c1C. The van der Waals surface area contributed by atoms with Crippen LogP contribution in [0.3, 0.4) is 0 Å². The Hall–Kier alpha value is -2.97. The number of aromatic hydroxyl groups is 1. The van der Waals surface area contributed by atoms with Gasteiger partial charge in [-0.1, -0.05) is 18.2 Å². The third kappa shape index (κ3) is 3.69. The summed E-state index contributed by atoms with van der Waals surface area (Å²) < 4.78 is 82.1. The number of alkyl halides is 6. The molecule has 0 radical (unpaired) electrons. The van der Waals surface area contributed by atoms with E-state index in [1.807, 2.05) is 0 Å². The van der Waals surface area contributed by atoms with Gasteiger partial charge in [-0.05, 0) is 43.2 Å². The van der Waals surface area contributed by atoms with Crippen LogP contribution in [0.5, 0.6) is 11.5 Å². The lowest BCUT2D eigenvalue weighted by Crippen LogP contribution is -2.17. The Balaban J connectivity index is 2.24. The highest BCUT2D eigenvalue weighted by atomic mass is 19.4. The number of aromatic nitrogens is 1. The summed E-state index contributed by atoms with van der Waals surface area (Å²) in [4.78, 5) is 4.09. The second-order valence-corrected chi connectivity index (χ2v) is 6.12. The summed E-state index contributed by atoms with van der Waals surface area (Å²) in [7, 11) is 0. The zero-order valence-electron chi connectivity index (χ0n) is 14.5. The van der Waals surface area contributed by atoms with E-state index < -0.39 is 35.0 Å². The molecule has 2 aromatic carbocycles. The number of hydrogen-bond donors (Lipinski definition) is 1. The van der Waals surface area contributed by atoms with E-state index in [2.05, 4.69) is 9.72 Å². The fourth-order valence-corrected chi connectivity index (χ4v) is 2.92. The van der Waals surface area contributed by atoms with E-state index in [1.54, 1.807) is 6.92 Å². The molecule has 0 spiro atoms. The van der Waals surface area contributed by atoms with Gasteiger partial charge in [-0.3, -0.25) is 4.98 Å². The standard InChI is InChI=1S/C19H13F6NO2/c1-9-10(2)26-14-8-7-13(16(18(20,21)22)15(14)17(9)27)11-3-5-12(6-4-11)28-19(23,24)25/h3-8H,1-2H3,(H,26,27). The van der Waals surface area contributed by atoms with Gasteiger partial charge in [0.2, 0.25) is 0 Å². The maximum atomic E-state index is 13.9. The molecule has 0 aliphatic heterocycles. The third-order valence-electron chi connectivity index (χ3n) is 4.29. The van der Waals surface area contributed by atoms with Gasteiger partial charge < -0.3 is 9.84 Å². The number of rotatable bonds is 2. The summed E-state index contributed by atoms with van der Waals surface area (Å²) in [6.45, 7) is 3.02. The molecule has 1 N–H and O–H groups in total. The van der Waals surface area contributed by atoms with Crippen LogP contribution in [0.25, 0.3) is 22.0 Å². The minimum atomic E-state index is -4.91. The number of fused-ring (bicyclic) bond motifs is 1. The van der Waals surface area contributed by atoms with Gasteiger partial charge in [-0.15, -0.1) is 13.2 Å². The molecule has 3 nitrogen and oxygen atoms in total. The monoisotopic (exact) mass is 401 g/mol. The first-order valence-electron chi connectivity index (χ1n) is 7.95. The predicted octanol–water partition coefficient (Wildman–Crippen LogP) is 6.14. The van der Waals surface area contributed by atoms with E-state index in [0.29, 0.717) is 5.69 Å². The van der Waals surface area contributed by atoms with Crippen molar-refractivity contribution >= 4 is 10.9 Å². The quantitative estimate of drug-likeness (QED) is 0.525. The Kier molecular flexibility index (Phi) is 4.64. The Labute approximate surface area is 155 Å². The van der Waals surface area contributed by atoms with Crippen LogP contribution in [0.15, 0.2) is 36.4 Å². The average Bonchev–Trinajstić information content (AvgIpc) is 2.57. The number of aryl methyl sites for hydroxylation is 1. The Bertz CT molecular complexity index is 1040. The van der Waals surface area contributed by atoms with Crippen molar-refractivity contribution in [3.63, 3.8) is 0 Å². The van der Waals surface area contributed by atoms with E-state index in [4.69, 9.17) is 0 Å². The van der Waals surface area contributed by atoms with Gasteiger partial charge in [0.15, 0.2) is 0 Å². The maximum absolute atomic E-state index is 13.9. The molecule has 1 heterocycles. The molecule has 148 valence electrons. The molecule has 0 aliphatic carbocycles. The smallest absolute Gasteiger partial charge is 0.507 e. The average molecular weight is 401 g/mol. The lowest BCUT2D eigenvalue weighted by Gasteiger charge is -2.18. The first-order valence-corrected chi connectivity index (χ1v) is 7.95. The molecule has 0 amide bonds. The van der Waals surface area contributed by atoms with Crippen LogP contribution in [0.1, 0.15) is 16.8 Å². The van der Waals surface area contributed by atoms with Crippen LogP contribution >= 0.6 is 0 Å². The molecule has 0 aliphatic rings. The summed E-state index contributed by atoms with van der Waals surface area (Å²) in [5, 5.41) is 9.89. The Morgan fingerprint density at radius 1 is 0.893 bits per heavy atom. The lowest BCUT2D eigenvalue weighted by atomic mass is 9.93. The number of hydrogen-bond acceptors (Lipinski definition) is 3. The van der Waals surface area contributed by atoms with Gasteiger partial charge in [0.05, 0.1) is 16.5 Å². The first kappa shape index (κ1) is 19.8. The van der Waals surface area contributed by atoms with Crippen molar-refractivity contribution in [1.82, 2.24) is 4.98 Å². The van der Waals surface area contributed by atoms with E-state index in [9.17, 15) is 31.4 Å². The molecule has 1 aromatic heterocycles. The predicted molar refractivity (Wildman–Crippen MR) is 90.0 cm³/mol. The molecule has 28 heavy (non-hydrogen) atoms. The summed E-state index contributed by atoms with van der Waals surface area (Å²) in [6, 6.07) is 6.52. The molecule has 0 bridgehead atoms. The normalized spacial score (nSPS) is 12.4. The first-order chi connectivity index (χ1) is 12.9. The molecular formula is C19H13F6NO2. The van der Waals surface area contributed by atoms with Gasteiger partial charge >= 0.3 is 12.5 Å². The van der Waals surface area contributed by atoms with Crippen molar-refractivity contribution in [1.29, 1.82) is 0 Å². The van der Waals surface area contributed by atoms with Crippen molar-refractivity contribution in [3.8, 4) is 22.6 Å². The number of halogens is 6. The van der Waals surface area contributed by atoms with Gasteiger partial charge in [0.1, 0.15) is 11.5 Å². The zero-order valence-corrected chi connectivity index (χ0v) is 14.5. The van der Waals surface area contributed by atoms with Gasteiger partial charge in [0, 0.05) is 11.3 Å². The van der Waals surface area contributed by atoms with Crippen molar-refractivity contribution in [2.45, 2.75) is 26.4 Å². The minimum Gasteiger partial charge on any atom is -0.507 e. The summed E-state index contributed by atoms with van der Waals surface area (Å²) in [6.07, 6.45) is -9.74. The topological polar surface area (TPSA) is 42.4 Å². The summed E-state index contributed by atoms with van der Waals surface area (Å²) >= 11 is 0. The van der Waals surface area contributed by atoms with Gasteiger partial charge in [0.25, 0.3) is 0 Å². The van der Waals surface area contributed by atoms with Gasteiger partial charge in [-0.2, -0.15) is 13.2 Å². The molecule has 0 saturated heterocycles. The molecule has 3 aromatic rings. The highest BCUT2D eigenvalue weighted by molar-refractivity contribution is 5.95. The fraction of sp³-hybridized carbons (Fsp3) is 0.211. The lowest BCUT2D eigenvalue weighted by molar-refractivity contribution is -0.274. The molecule has 0 atom stereocenters. The van der Waals surface area contributed by atoms with Crippen molar-refractivity contribution in [2.75, 3.05) is 0 Å². The number of nitrogens with zero attached hydrogens (tertiary/aromatic N) is 1. The van der Waals surface area contributed by atoms with Crippen LogP contribution < -0.4 is 4.74 Å². The van der Waals surface area contributed by atoms with Crippen LogP contribution in [0, 0.1) is 13.8 Å². The Morgan fingerprint density at radius 2 is 1.50 bits per heavy atom. The van der Waals surface area contributed by atoms with Crippen molar-refractivity contribution in [2.24, 2.45) is 0 Å². The third-order valence-corrected chi connectivity index (χ3v) is 4.29. The van der Waals surface area contributed by atoms with E-state index in [-0.39, 0.29) is 22.2 Å². The Morgan fingerprint density at radius 3 is 2.04 bits per heavy atom. The largest absolute Gasteiger partial charge is 0.573 e. The number of benzene rings is 2. The van der Waals surface area contributed by atoms with E-state index >= 15 is 0 Å². The maximum Gasteiger partial charge on any atom is 0.573 e. The van der Waals surface area contributed by atoms with Crippen LogP contribution in [0.4, 0.5) is 26.3 Å². The zero-order chi connectivity index (χ0) is 20.9. The van der Waals surface area contributed by atoms with Crippen molar-refractivity contribution < 1.29 is 36.2 Å². The number of ether oxygens (including phenoxy) is 1. The van der Waals surface area contributed by atoms with E-state index in [1.165, 1.54) is 19.1 Å². The van der Waals surface area contributed by atoms with Crippen LogP contribution in [-0.4, -0.2) is 16.5 Å². The summed E-state index contributed by atoms with van der Waals surface area (Å²) in [5.41, 5.74) is -0.819. The molecule has 9 heteroatoms. The molecule has 0 unspecified atom stereocenters. The number of pyridine rings is 1. The van der Waals surface area contributed by atoms with Crippen molar-refractivity contribution in [3.05, 3.63) is 53.2 Å². The van der Waals surface area contributed by atoms with Crippen LogP contribution in [-0.2, 0) is 6.18 Å². The summed E-state index contributed by atoms with van der Waals surface area (Å²) in [5.74, 6) is -1.09. The second-order valence-electron chi connectivity index (χ2n) is 6.12. The highest BCUT2D eigenvalue weighted by Gasteiger charge is 2.37.